The molecule has 16 heavy (non-hydrogen) atoms. The Kier molecular flexibility index (Phi) is 2.99. The number of halogens is 1. The first kappa shape index (κ1) is 11.5. The third-order valence-corrected chi connectivity index (χ3v) is 3.98. The van der Waals surface area contributed by atoms with Crippen LogP contribution in [0.4, 0.5) is 3.89 Å². The Labute approximate surface area is 94.9 Å². The molecular weight excluding hydrogens is 229 g/mol. The Morgan fingerprint density at radius 3 is 2.50 bits per heavy atom. The van der Waals surface area contributed by atoms with Crippen molar-refractivity contribution in [3.05, 3.63) is 35.9 Å². The number of rotatable bonds is 3. The summed E-state index contributed by atoms with van der Waals surface area (Å²) in [5, 5.41) is 3.10. The van der Waals surface area contributed by atoms with Crippen molar-refractivity contribution >= 4 is 10.2 Å². The largest absolute Gasteiger partial charge is 0.316 e. The van der Waals surface area contributed by atoms with Crippen LogP contribution >= 0.6 is 0 Å². The summed E-state index contributed by atoms with van der Waals surface area (Å²) in [7, 11) is -4.45. The Morgan fingerprint density at radius 2 is 2.00 bits per heavy atom. The third kappa shape index (κ3) is 2.41. The highest BCUT2D eigenvalue weighted by molar-refractivity contribution is 7.86. The molecule has 1 atom stereocenters. The van der Waals surface area contributed by atoms with Crippen molar-refractivity contribution in [2.45, 2.75) is 11.8 Å². The fourth-order valence-corrected chi connectivity index (χ4v) is 3.39. The molecule has 0 radical (unpaired) electrons. The van der Waals surface area contributed by atoms with Gasteiger partial charge in [-0.1, -0.05) is 30.3 Å². The van der Waals surface area contributed by atoms with Gasteiger partial charge in [-0.15, -0.1) is 3.89 Å². The minimum atomic E-state index is -4.45. The summed E-state index contributed by atoms with van der Waals surface area (Å²) in [5.41, 5.74) is 0.288. The van der Waals surface area contributed by atoms with Gasteiger partial charge in [0.2, 0.25) is 0 Å². The number of hydrogen-bond donors (Lipinski definition) is 1. The van der Waals surface area contributed by atoms with Crippen LogP contribution in [0.25, 0.3) is 0 Å². The van der Waals surface area contributed by atoms with Crippen LogP contribution in [0, 0.1) is 0 Å². The van der Waals surface area contributed by atoms with Gasteiger partial charge < -0.3 is 5.32 Å². The van der Waals surface area contributed by atoms with Crippen molar-refractivity contribution in [3.63, 3.8) is 0 Å². The van der Waals surface area contributed by atoms with E-state index in [1.165, 1.54) is 0 Å². The predicted octanol–water partition coefficient (Wildman–Crippen LogP) is 1.22. The average molecular weight is 243 g/mol. The highest BCUT2D eigenvalue weighted by Gasteiger charge is 2.39. The van der Waals surface area contributed by atoms with Gasteiger partial charge in [0.05, 0.1) is 5.75 Å². The van der Waals surface area contributed by atoms with E-state index in [1.54, 1.807) is 0 Å². The first-order valence-corrected chi connectivity index (χ1v) is 6.76. The van der Waals surface area contributed by atoms with Gasteiger partial charge in [-0.3, -0.25) is 0 Å². The first-order chi connectivity index (χ1) is 7.52. The Morgan fingerprint density at radius 1 is 1.31 bits per heavy atom. The molecule has 88 valence electrons. The van der Waals surface area contributed by atoms with Crippen LogP contribution in [0.3, 0.4) is 0 Å². The molecule has 1 aromatic carbocycles. The van der Waals surface area contributed by atoms with E-state index in [-0.39, 0.29) is 0 Å². The summed E-state index contributed by atoms with van der Waals surface area (Å²) in [6, 6.07) is 9.28. The second-order valence-electron chi connectivity index (χ2n) is 4.26. The van der Waals surface area contributed by atoms with E-state index in [0.717, 1.165) is 12.1 Å². The molecule has 3 nitrogen and oxygen atoms in total. The standard InChI is InChI=1S/C11H14FNO2S/c12-16(14,15)9-11(6-7-13-8-11)10-4-2-1-3-5-10/h1-5,13H,6-9H2. The van der Waals surface area contributed by atoms with Crippen LogP contribution < -0.4 is 5.32 Å². The topological polar surface area (TPSA) is 46.2 Å². The minimum absolute atomic E-state index is 0.434. The van der Waals surface area contributed by atoms with Gasteiger partial charge in [0.1, 0.15) is 0 Å². The van der Waals surface area contributed by atoms with Crippen molar-refractivity contribution in [3.8, 4) is 0 Å². The lowest BCUT2D eigenvalue weighted by Gasteiger charge is -2.26. The molecule has 0 spiro atoms. The van der Waals surface area contributed by atoms with Gasteiger partial charge in [0.15, 0.2) is 0 Å². The Balaban J connectivity index is 2.37. The number of nitrogens with one attached hydrogen (secondary N) is 1. The van der Waals surface area contributed by atoms with E-state index in [4.69, 9.17) is 0 Å². The van der Waals surface area contributed by atoms with Crippen LogP contribution in [0.15, 0.2) is 30.3 Å². The highest BCUT2D eigenvalue weighted by Crippen LogP contribution is 2.32. The Hall–Kier alpha value is -0.940. The average Bonchev–Trinajstić information content (AvgIpc) is 2.66. The molecule has 1 aliphatic rings. The lowest BCUT2D eigenvalue weighted by molar-refractivity contribution is 0.487. The normalized spacial score (nSPS) is 25.8. The minimum Gasteiger partial charge on any atom is -0.316 e. The van der Waals surface area contributed by atoms with Crippen LogP contribution in [-0.2, 0) is 15.6 Å². The van der Waals surface area contributed by atoms with Crippen LogP contribution in [0.2, 0.25) is 0 Å². The number of hydrogen-bond acceptors (Lipinski definition) is 3. The van der Waals surface area contributed by atoms with Crippen molar-refractivity contribution in [1.82, 2.24) is 5.32 Å². The number of benzene rings is 1. The molecule has 1 N–H and O–H groups in total. The van der Waals surface area contributed by atoms with E-state index in [2.05, 4.69) is 5.32 Å². The van der Waals surface area contributed by atoms with Gasteiger partial charge in [0, 0.05) is 12.0 Å². The molecule has 1 saturated heterocycles. The summed E-state index contributed by atoms with van der Waals surface area (Å²) >= 11 is 0. The van der Waals surface area contributed by atoms with Crippen molar-refractivity contribution in [2.24, 2.45) is 0 Å². The quantitative estimate of drug-likeness (QED) is 0.812. The van der Waals surface area contributed by atoms with E-state index < -0.39 is 21.4 Å². The predicted molar refractivity (Wildman–Crippen MR) is 60.5 cm³/mol. The molecule has 1 unspecified atom stereocenters. The fraction of sp³-hybridized carbons (Fsp3) is 0.455. The zero-order valence-corrected chi connectivity index (χ0v) is 9.63. The Bertz CT molecular complexity index is 452. The molecule has 0 aromatic heterocycles. The van der Waals surface area contributed by atoms with Gasteiger partial charge in [-0.25, -0.2) is 0 Å². The summed E-state index contributed by atoms with van der Waals surface area (Å²) in [6.45, 7) is 1.24. The summed E-state index contributed by atoms with van der Waals surface area (Å²) in [4.78, 5) is 0. The molecule has 0 saturated carbocycles. The molecule has 1 aliphatic heterocycles. The van der Waals surface area contributed by atoms with Crippen LogP contribution in [-0.4, -0.2) is 27.3 Å². The van der Waals surface area contributed by atoms with Crippen molar-refractivity contribution in [2.75, 3.05) is 18.8 Å². The zero-order chi connectivity index (χ0) is 11.6. The SMILES string of the molecule is O=S(=O)(F)CC1(c2ccccc2)CCNC1. The van der Waals surface area contributed by atoms with Gasteiger partial charge in [-0.05, 0) is 18.5 Å². The van der Waals surface area contributed by atoms with E-state index >= 15 is 0 Å². The van der Waals surface area contributed by atoms with Gasteiger partial charge in [-0.2, -0.15) is 8.42 Å². The third-order valence-electron chi connectivity index (χ3n) is 3.08. The molecule has 1 heterocycles. The fourth-order valence-electron chi connectivity index (χ4n) is 2.32. The maximum Gasteiger partial charge on any atom is 0.303 e. The lowest BCUT2D eigenvalue weighted by atomic mass is 9.82. The summed E-state index contributed by atoms with van der Waals surface area (Å²) < 4.78 is 34.7. The summed E-state index contributed by atoms with van der Waals surface area (Å²) in [5.74, 6) is -0.434. The second kappa shape index (κ2) is 4.14. The van der Waals surface area contributed by atoms with Crippen molar-refractivity contribution < 1.29 is 12.3 Å². The van der Waals surface area contributed by atoms with Crippen LogP contribution in [0.1, 0.15) is 12.0 Å². The zero-order valence-electron chi connectivity index (χ0n) is 8.82. The highest BCUT2D eigenvalue weighted by atomic mass is 32.3. The smallest absolute Gasteiger partial charge is 0.303 e. The maximum atomic E-state index is 12.9. The molecule has 1 fully saturated rings. The summed E-state index contributed by atoms with van der Waals surface area (Å²) in [6.07, 6.45) is 0.653. The monoisotopic (exact) mass is 243 g/mol. The van der Waals surface area contributed by atoms with E-state index in [1.807, 2.05) is 30.3 Å². The lowest BCUT2D eigenvalue weighted by Crippen LogP contribution is -2.35. The van der Waals surface area contributed by atoms with Gasteiger partial charge >= 0.3 is 10.2 Å². The van der Waals surface area contributed by atoms with Crippen molar-refractivity contribution in [1.29, 1.82) is 0 Å². The molecule has 2 rings (SSSR count). The van der Waals surface area contributed by atoms with E-state index in [0.29, 0.717) is 13.0 Å². The molecular formula is C11H14FNO2S. The maximum absolute atomic E-state index is 12.9. The molecule has 5 heteroatoms. The van der Waals surface area contributed by atoms with E-state index in [9.17, 15) is 12.3 Å². The van der Waals surface area contributed by atoms with Gasteiger partial charge in [0.25, 0.3) is 0 Å². The molecule has 0 aliphatic carbocycles. The molecule has 0 bridgehead atoms. The molecule has 1 aromatic rings. The molecule has 0 amide bonds. The van der Waals surface area contributed by atoms with Crippen LogP contribution in [0.5, 0.6) is 0 Å². The second-order valence-corrected chi connectivity index (χ2v) is 5.62. The first-order valence-electron chi connectivity index (χ1n) is 5.20.